The van der Waals surface area contributed by atoms with Crippen molar-refractivity contribution < 1.29 is 4.79 Å². The van der Waals surface area contributed by atoms with E-state index < -0.39 is 0 Å². The van der Waals surface area contributed by atoms with Crippen molar-refractivity contribution in [1.82, 2.24) is 19.9 Å². The van der Waals surface area contributed by atoms with E-state index >= 15 is 0 Å². The third-order valence-electron chi connectivity index (χ3n) is 5.16. The van der Waals surface area contributed by atoms with E-state index in [0.717, 1.165) is 23.8 Å². The molecule has 2 aliphatic rings. The molecule has 1 amide bonds. The van der Waals surface area contributed by atoms with Crippen LogP contribution < -0.4 is 5.32 Å². The average Bonchev–Trinajstić information content (AvgIpc) is 3.21. The number of fused-ring (bicyclic) bond motifs is 3. The minimum absolute atomic E-state index is 0.117. The summed E-state index contributed by atoms with van der Waals surface area (Å²) in [7, 11) is 0. The van der Waals surface area contributed by atoms with Crippen molar-refractivity contribution in [3.05, 3.63) is 30.2 Å². The average molecular weight is 284 g/mol. The lowest BCUT2D eigenvalue weighted by molar-refractivity contribution is -0.127. The zero-order valence-electron chi connectivity index (χ0n) is 12.2. The third kappa shape index (κ3) is 2.11. The van der Waals surface area contributed by atoms with Crippen molar-refractivity contribution in [2.45, 2.75) is 38.6 Å². The predicted octanol–water partition coefficient (Wildman–Crippen LogP) is 2.34. The van der Waals surface area contributed by atoms with E-state index in [4.69, 9.17) is 0 Å². The number of nitrogens with zero attached hydrogens (tertiary/aromatic N) is 3. The van der Waals surface area contributed by atoms with E-state index in [-0.39, 0.29) is 17.9 Å². The normalized spacial score (nSPS) is 28.9. The molecular weight excluding hydrogens is 264 g/mol. The molecule has 2 saturated carbocycles. The number of pyridine rings is 1. The first kappa shape index (κ1) is 12.8. The molecule has 2 bridgehead atoms. The van der Waals surface area contributed by atoms with E-state index in [2.05, 4.69) is 15.5 Å². The van der Waals surface area contributed by atoms with Gasteiger partial charge in [-0.1, -0.05) is 12.5 Å². The largest absolute Gasteiger partial charge is 0.346 e. The summed E-state index contributed by atoms with van der Waals surface area (Å²) in [4.78, 5) is 12.5. The number of hydrogen-bond acceptors (Lipinski definition) is 3. The highest BCUT2D eigenvalue weighted by atomic mass is 16.2. The van der Waals surface area contributed by atoms with Gasteiger partial charge in [0.15, 0.2) is 11.5 Å². The Kier molecular flexibility index (Phi) is 2.94. The number of aromatic nitrogens is 3. The maximum atomic E-state index is 12.5. The molecule has 110 valence electrons. The summed E-state index contributed by atoms with van der Waals surface area (Å²) in [6, 6.07) is 5.69. The first-order chi connectivity index (χ1) is 10.2. The summed E-state index contributed by atoms with van der Waals surface area (Å²) < 4.78 is 1.94. The molecule has 2 aromatic rings. The first-order valence-corrected chi connectivity index (χ1v) is 7.82. The summed E-state index contributed by atoms with van der Waals surface area (Å²) in [6.07, 6.45) is 6.80. The monoisotopic (exact) mass is 284 g/mol. The Morgan fingerprint density at radius 1 is 1.33 bits per heavy atom. The standard InChI is InChI=1S/C16H20N4O/c1-10(15-19-18-14-4-2-3-7-20(14)15)17-16(21)13-9-11-5-6-12(13)8-11/h2-4,7,10-13H,5-6,8-9H2,1H3,(H,17,21). The maximum absolute atomic E-state index is 12.5. The van der Waals surface area contributed by atoms with Crippen LogP contribution in [0.3, 0.4) is 0 Å². The summed E-state index contributed by atoms with van der Waals surface area (Å²) in [5.74, 6) is 2.60. The third-order valence-corrected chi connectivity index (χ3v) is 5.16. The molecular formula is C16H20N4O. The van der Waals surface area contributed by atoms with Gasteiger partial charge in [-0.3, -0.25) is 9.20 Å². The van der Waals surface area contributed by atoms with Crippen molar-refractivity contribution >= 4 is 11.6 Å². The Morgan fingerprint density at radius 2 is 2.24 bits per heavy atom. The Bertz CT molecular complexity index is 680. The summed E-state index contributed by atoms with van der Waals surface area (Å²) in [5.41, 5.74) is 0.813. The summed E-state index contributed by atoms with van der Waals surface area (Å²) in [6.45, 7) is 1.98. The van der Waals surface area contributed by atoms with Crippen LogP contribution in [0.5, 0.6) is 0 Å². The fraction of sp³-hybridized carbons (Fsp3) is 0.562. The minimum Gasteiger partial charge on any atom is -0.346 e. The smallest absolute Gasteiger partial charge is 0.223 e. The van der Waals surface area contributed by atoms with E-state index in [0.29, 0.717) is 5.92 Å². The molecule has 0 aliphatic heterocycles. The van der Waals surface area contributed by atoms with Crippen LogP contribution >= 0.6 is 0 Å². The summed E-state index contributed by atoms with van der Waals surface area (Å²) in [5, 5.41) is 11.5. The number of nitrogens with one attached hydrogen (secondary N) is 1. The van der Waals surface area contributed by atoms with Crippen molar-refractivity contribution in [2.24, 2.45) is 17.8 Å². The molecule has 2 heterocycles. The van der Waals surface area contributed by atoms with Gasteiger partial charge in [-0.15, -0.1) is 10.2 Å². The lowest BCUT2D eigenvalue weighted by atomic mass is 9.88. The quantitative estimate of drug-likeness (QED) is 0.941. The van der Waals surface area contributed by atoms with Crippen molar-refractivity contribution in [3.8, 4) is 0 Å². The Hall–Kier alpha value is -1.91. The molecule has 1 N–H and O–H groups in total. The molecule has 4 unspecified atom stereocenters. The Labute approximate surface area is 123 Å². The molecule has 0 aromatic carbocycles. The van der Waals surface area contributed by atoms with E-state index in [1.54, 1.807) is 0 Å². The van der Waals surface area contributed by atoms with Gasteiger partial charge in [0.1, 0.15) is 0 Å². The Balaban J connectivity index is 1.50. The SMILES string of the molecule is CC(NC(=O)C1CC2CCC1C2)c1nnc2ccccn12. The topological polar surface area (TPSA) is 59.3 Å². The van der Waals surface area contributed by atoms with Crippen molar-refractivity contribution in [1.29, 1.82) is 0 Å². The fourth-order valence-electron chi connectivity index (χ4n) is 4.11. The number of rotatable bonds is 3. The van der Waals surface area contributed by atoms with Crippen molar-refractivity contribution in [2.75, 3.05) is 0 Å². The second-order valence-electron chi connectivity index (χ2n) is 6.50. The van der Waals surface area contributed by atoms with Crippen LogP contribution in [0.15, 0.2) is 24.4 Å². The van der Waals surface area contributed by atoms with Crippen LogP contribution in [0.2, 0.25) is 0 Å². The lowest BCUT2D eigenvalue weighted by Crippen LogP contribution is -2.36. The van der Waals surface area contributed by atoms with Crippen LogP contribution in [0, 0.1) is 17.8 Å². The zero-order valence-corrected chi connectivity index (χ0v) is 12.2. The minimum atomic E-state index is -0.117. The number of carbonyl (C=O) groups is 1. The highest BCUT2D eigenvalue weighted by Crippen LogP contribution is 2.48. The van der Waals surface area contributed by atoms with Crippen LogP contribution in [0.4, 0.5) is 0 Å². The predicted molar refractivity (Wildman–Crippen MR) is 78.5 cm³/mol. The van der Waals surface area contributed by atoms with Crippen LogP contribution in [-0.2, 0) is 4.79 Å². The molecule has 2 aromatic heterocycles. The maximum Gasteiger partial charge on any atom is 0.223 e. The highest BCUT2D eigenvalue weighted by molar-refractivity contribution is 5.79. The molecule has 21 heavy (non-hydrogen) atoms. The Morgan fingerprint density at radius 3 is 3.00 bits per heavy atom. The fourth-order valence-corrected chi connectivity index (χ4v) is 4.11. The highest BCUT2D eigenvalue weighted by Gasteiger charge is 2.43. The van der Waals surface area contributed by atoms with Crippen LogP contribution in [0.25, 0.3) is 5.65 Å². The number of hydrogen-bond donors (Lipinski definition) is 1. The molecule has 0 spiro atoms. The zero-order chi connectivity index (χ0) is 14.4. The number of amides is 1. The van der Waals surface area contributed by atoms with Gasteiger partial charge >= 0.3 is 0 Å². The van der Waals surface area contributed by atoms with E-state index in [9.17, 15) is 4.79 Å². The molecule has 5 nitrogen and oxygen atoms in total. The van der Waals surface area contributed by atoms with Gasteiger partial charge in [-0.05, 0) is 50.2 Å². The van der Waals surface area contributed by atoms with Gasteiger partial charge in [0, 0.05) is 12.1 Å². The van der Waals surface area contributed by atoms with Gasteiger partial charge in [-0.25, -0.2) is 0 Å². The molecule has 4 atom stereocenters. The molecule has 2 aliphatic carbocycles. The van der Waals surface area contributed by atoms with Gasteiger partial charge < -0.3 is 5.32 Å². The molecule has 4 rings (SSSR count). The van der Waals surface area contributed by atoms with Gasteiger partial charge in [0.05, 0.1) is 6.04 Å². The second kappa shape index (κ2) is 4.83. The van der Waals surface area contributed by atoms with E-state index in [1.807, 2.05) is 35.7 Å². The number of carbonyl (C=O) groups excluding carboxylic acids is 1. The molecule has 0 saturated heterocycles. The first-order valence-electron chi connectivity index (χ1n) is 7.82. The van der Waals surface area contributed by atoms with Gasteiger partial charge in [0.2, 0.25) is 5.91 Å². The van der Waals surface area contributed by atoms with Gasteiger partial charge in [-0.2, -0.15) is 0 Å². The van der Waals surface area contributed by atoms with Crippen LogP contribution in [-0.4, -0.2) is 20.5 Å². The van der Waals surface area contributed by atoms with Gasteiger partial charge in [0.25, 0.3) is 0 Å². The van der Waals surface area contributed by atoms with Crippen LogP contribution in [0.1, 0.15) is 44.5 Å². The molecule has 5 heteroatoms. The van der Waals surface area contributed by atoms with E-state index in [1.165, 1.54) is 19.3 Å². The summed E-state index contributed by atoms with van der Waals surface area (Å²) >= 11 is 0. The van der Waals surface area contributed by atoms with Crippen molar-refractivity contribution in [3.63, 3.8) is 0 Å². The molecule has 2 fully saturated rings. The lowest BCUT2D eigenvalue weighted by Gasteiger charge is -2.22. The molecule has 0 radical (unpaired) electrons. The second-order valence-corrected chi connectivity index (χ2v) is 6.50.